The number of amides is 1. The number of aromatic nitrogens is 2. The standard InChI is InChI=1S/C19H23N3O4/c1-15-4-2-3-5-16(15)26-19(18(24)25)7-11-22(12-8-19)17(23)6-10-21-13-9-20-14-21/h2-5,9,13-14H,6-8,10-12H2,1H3,(H,24,25). The molecule has 0 unspecified atom stereocenters. The predicted octanol–water partition coefficient (Wildman–Crippen LogP) is 2.11. The molecule has 0 radical (unpaired) electrons. The molecule has 0 aliphatic carbocycles. The quantitative estimate of drug-likeness (QED) is 0.856. The summed E-state index contributed by atoms with van der Waals surface area (Å²) in [4.78, 5) is 30.0. The first-order valence-electron chi connectivity index (χ1n) is 8.72. The maximum Gasteiger partial charge on any atom is 0.348 e. The van der Waals surface area contributed by atoms with Gasteiger partial charge in [-0.15, -0.1) is 0 Å². The Kier molecular flexibility index (Phi) is 5.25. The highest BCUT2D eigenvalue weighted by Crippen LogP contribution is 2.31. The molecule has 1 N–H and O–H groups in total. The van der Waals surface area contributed by atoms with Crippen LogP contribution in [0.1, 0.15) is 24.8 Å². The number of benzene rings is 1. The number of carboxylic acids is 1. The lowest BCUT2D eigenvalue weighted by Crippen LogP contribution is -2.54. The van der Waals surface area contributed by atoms with E-state index in [1.54, 1.807) is 23.5 Å². The number of carboxylic acid groups (broad SMARTS) is 1. The zero-order chi connectivity index (χ0) is 18.6. The van der Waals surface area contributed by atoms with E-state index in [4.69, 9.17) is 4.74 Å². The molecule has 3 rings (SSSR count). The van der Waals surface area contributed by atoms with Crippen molar-refractivity contribution in [1.29, 1.82) is 0 Å². The largest absolute Gasteiger partial charge is 0.478 e. The first kappa shape index (κ1) is 18.0. The van der Waals surface area contributed by atoms with Gasteiger partial charge in [0.1, 0.15) is 5.75 Å². The summed E-state index contributed by atoms with van der Waals surface area (Å²) in [5, 5.41) is 9.76. The lowest BCUT2D eigenvalue weighted by molar-refractivity contribution is -0.161. The van der Waals surface area contributed by atoms with Crippen molar-refractivity contribution < 1.29 is 19.4 Å². The molecule has 1 amide bonds. The average molecular weight is 357 g/mol. The Balaban J connectivity index is 1.61. The van der Waals surface area contributed by atoms with Crippen LogP contribution in [-0.4, -0.2) is 50.1 Å². The van der Waals surface area contributed by atoms with Gasteiger partial charge in [0.15, 0.2) is 0 Å². The molecule has 7 heteroatoms. The van der Waals surface area contributed by atoms with Crippen LogP contribution >= 0.6 is 0 Å². The maximum absolute atomic E-state index is 12.4. The molecule has 138 valence electrons. The molecule has 1 saturated heterocycles. The molecule has 7 nitrogen and oxygen atoms in total. The van der Waals surface area contributed by atoms with Crippen LogP contribution in [-0.2, 0) is 16.1 Å². The van der Waals surface area contributed by atoms with Gasteiger partial charge in [0.2, 0.25) is 11.5 Å². The highest BCUT2D eigenvalue weighted by molar-refractivity contribution is 5.80. The lowest BCUT2D eigenvalue weighted by atomic mass is 9.90. The molecule has 1 aromatic heterocycles. The number of imidazole rings is 1. The normalized spacial score (nSPS) is 16.3. The van der Waals surface area contributed by atoms with E-state index in [-0.39, 0.29) is 18.7 Å². The van der Waals surface area contributed by atoms with E-state index in [0.717, 1.165) is 5.56 Å². The number of nitrogens with zero attached hydrogens (tertiary/aromatic N) is 3. The van der Waals surface area contributed by atoms with Crippen LogP contribution in [0.4, 0.5) is 0 Å². The van der Waals surface area contributed by atoms with Gasteiger partial charge < -0.3 is 19.3 Å². The predicted molar refractivity (Wildman–Crippen MR) is 94.8 cm³/mol. The summed E-state index contributed by atoms with van der Waals surface area (Å²) in [6, 6.07) is 7.38. The number of piperidine rings is 1. The van der Waals surface area contributed by atoms with Crippen molar-refractivity contribution in [3.05, 3.63) is 48.5 Å². The van der Waals surface area contributed by atoms with Gasteiger partial charge in [-0.2, -0.15) is 0 Å². The van der Waals surface area contributed by atoms with Gasteiger partial charge in [0.05, 0.1) is 6.33 Å². The summed E-state index contributed by atoms with van der Waals surface area (Å²) >= 11 is 0. The van der Waals surface area contributed by atoms with Crippen molar-refractivity contribution >= 4 is 11.9 Å². The van der Waals surface area contributed by atoms with Crippen molar-refractivity contribution in [1.82, 2.24) is 14.5 Å². The second kappa shape index (κ2) is 7.59. The summed E-state index contributed by atoms with van der Waals surface area (Å²) in [6.07, 6.45) is 6.08. The van der Waals surface area contributed by atoms with Gasteiger partial charge in [-0.3, -0.25) is 4.79 Å². The third kappa shape index (κ3) is 3.87. The number of aliphatic carboxylic acids is 1. The summed E-state index contributed by atoms with van der Waals surface area (Å²) in [7, 11) is 0. The Bertz CT molecular complexity index is 765. The Morgan fingerprint density at radius 2 is 2.00 bits per heavy atom. The van der Waals surface area contributed by atoms with Crippen LogP contribution in [0.5, 0.6) is 5.75 Å². The van der Waals surface area contributed by atoms with Gasteiger partial charge in [-0.1, -0.05) is 18.2 Å². The van der Waals surface area contributed by atoms with Crippen LogP contribution < -0.4 is 4.74 Å². The molecular formula is C19H23N3O4. The molecule has 2 heterocycles. The third-order valence-electron chi connectivity index (χ3n) is 4.86. The molecule has 0 atom stereocenters. The zero-order valence-electron chi connectivity index (χ0n) is 14.8. The molecule has 2 aromatic rings. The Labute approximate surface area is 152 Å². The fourth-order valence-corrected chi connectivity index (χ4v) is 3.16. The van der Waals surface area contributed by atoms with E-state index >= 15 is 0 Å². The average Bonchev–Trinajstić information content (AvgIpc) is 3.16. The molecule has 1 aromatic carbocycles. The molecule has 0 bridgehead atoms. The maximum atomic E-state index is 12.4. The van der Waals surface area contributed by atoms with Crippen LogP contribution in [0.25, 0.3) is 0 Å². The Morgan fingerprint density at radius 3 is 2.62 bits per heavy atom. The number of aryl methyl sites for hydroxylation is 2. The summed E-state index contributed by atoms with van der Waals surface area (Å²) in [5.41, 5.74) is -0.389. The number of carbonyl (C=O) groups is 2. The van der Waals surface area contributed by atoms with E-state index in [0.29, 0.717) is 31.8 Å². The van der Waals surface area contributed by atoms with Crippen molar-refractivity contribution in [3.63, 3.8) is 0 Å². The fourth-order valence-electron chi connectivity index (χ4n) is 3.16. The van der Waals surface area contributed by atoms with E-state index in [2.05, 4.69) is 4.98 Å². The second-order valence-corrected chi connectivity index (χ2v) is 6.60. The smallest absolute Gasteiger partial charge is 0.348 e. The zero-order valence-corrected chi connectivity index (χ0v) is 14.8. The first-order chi connectivity index (χ1) is 12.5. The number of likely N-dealkylation sites (tertiary alicyclic amines) is 1. The van der Waals surface area contributed by atoms with Crippen molar-refractivity contribution in [2.24, 2.45) is 0 Å². The number of ether oxygens (including phenoxy) is 1. The monoisotopic (exact) mass is 357 g/mol. The van der Waals surface area contributed by atoms with Gasteiger partial charge in [-0.25, -0.2) is 9.78 Å². The lowest BCUT2D eigenvalue weighted by Gasteiger charge is -2.39. The number of carbonyl (C=O) groups excluding carboxylic acids is 1. The van der Waals surface area contributed by atoms with Crippen LogP contribution in [0.15, 0.2) is 43.0 Å². The number of para-hydroxylation sites is 1. The van der Waals surface area contributed by atoms with Gasteiger partial charge >= 0.3 is 5.97 Å². The minimum atomic E-state index is -1.28. The van der Waals surface area contributed by atoms with Crippen molar-refractivity contribution in [2.75, 3.05) is 13.1 Å². The SMILES string of the molecule is Cc1ccccc1OC1(C(=O)O)CCN(C(=O)CCn2ccnc2)CC1. The van der Waals surface area contributed by atoms with Crippen LogP contribution in [0.2, 0.25) is 0 Å². The first-order valence-corrected chi connectivity index (χ1v) is 8.72. The third-order valence-corrected chi connectivity index (χ3v) is 4.86. The minimum Gasteiger partial charge on any atom is -0.478 e. The molecule has 1 aliphatic heterocycles. The Hall–Kier alpha value is -2.83. The van der Waals surface area contributed by atoms with Gasteiger partial charge in [-0.05, 0) is 18.6 Å². The van der Waals surface area contributed by atoms with E-state index in [1.807, 2.05) is 35.9 Å². The Morgan fingerprint density at radius 1 is 1.27 bits per heavy atom. The van der Waals surface area contributed by atoms with Gasteiger partial charge in [0, 0.05) is 51.3 Å². The number of rotatable bonds is 6. The van der Waals surface area contributed by atoms with Gasteiger partial charge in [0.25, 0.3) is 0 Å². The number of hydrogen-bond donors (Lipinski definition) is 1. The van der Waals surface area contributed by atoms with Crippen molar-refractivity contribution in [3.8, 4) is 5.75 Å². The fraction of sp³-hybridized carbons (Fsp3) is 0.421. The topological polar surface area (TPSA) is 84.7 Å². The molecule has 26 heavy (non-hydrogen) atoms. The highest BCUT2D eigenvalue weighted by atomic mass is 16.5. The summed E-state index contributed by atoms with van der Waals surface area (Å²) in [5.74, 6) is -0.380. The van der Waals surface area contributed by atoms with Crippen molar-refractivity contribution in [2.45, 2.75) is 38.3 Å². The molecule has 1 fully saturated rings. The molecular weight excluding hydrogens is 334 g/mol. The summed E-state index contributed by atoms with van der Waals surface area (Å²) in [6.45, 7) is 3.21. The summed E-state index contributed by atoms with van der Waals surface area (Å²) < 4.78 is 7.78. The second-order valence-electron chi connectivity index (χ2n) is 6.60. The highest BCUT2D eigenvalue weighted by Gasteiger charge is 2.45. The molecule has 0 saturated carbocycles. The minimum absolute atomic E-state index is 0.0218. The number of hydrogen-bond acceptors (Lipinski definition) is 4. The van der Waals surface area contributed by atoms with E-state index in [9.17, 15) is 14.7 Å². The van der Waals surface area contributed by atoms with E-state index in [1.165, 1.54) is 0 Å². The van der Waals surface area contributed by atoms with E-state index < -0.39 is 11.6 Å². The van der Waals surface area contributed by atoms with Crippen LogP contribution in [0.3, 0.4) is 0 Å². The molecule has 1 aliphatic rings. The molecule has 0 spiro atoms. The van der Waals surface area contributed by atoms with Crippen LogP contribution in [0, 0.1) is 6.92 Å².